The Labute approximate surface area is 135 Å². The number of hydrogen-bond acceptors (Lipinski definition) is 5. The van der Waals surface area contributed by atoms with Crippen LogP contribution in [0, 0.1) is 11.3 Å². The van der Waals surface area contributed by atoms with E-state index in [1.54, 1.807) is 0 Å². The average molecular weight is 309 g/mol. The maximum absolute atomic E-state index is 9.05. The highest BCUT2D eigenvalue weighted by Crippen LogP contribution is 2.31. The molecule has 2 aromatic rings. The number of nitriles is 1. The van der Waals surface area contributed by atoms with Crippen LogP contribution in [0.5, 0.6) is 0 Å². The molecular formula is C18H19N3O2. The standard InChI is InChI=1S/C18H19N3O2/c19-9-12-4-5-14-13(8-12)2-1-3-16(14)20-10-17-15-11-22-7-6-18(15)23-21-17/h4-5,8,16,20H,1-3,6-7,10-11H2. The van der Waals surface area contributed by atoms with Crippen molar-refractivity contribution >= 4 is 0 Å². The summed E-state index contributed by atoms with van der Waals surface area (Å²) in [5, 5.41) is 16.9. The largest absolute Gasteiger partial charge is 0.376 e. The minimum Gasteiger partial charge on any atom is -0.376 e. The number of aryl methyl sites for hydroxylation is 1. The maximum Gasteiger partial charge on any atom is 0.144 e. The van der Waals surface area contributed by atoms with E-state index in [4.69, 9.17) is 14.5 Å². The van der Waals surface area contributed by atoms with Crippen LogP contribution in [0.15, 0.2) is 22.7 Å². The van der Waals surface area contributed by atoms with E-state index in [0.29, 0.717) is 25.8 Å². The highest BCUT2D eigenvalue weighted by Gasteiger charge is 2.23. The van der Waals surface area contributed by atoms with Crippen molar-refractivity contribution in [1.29, 1.82) is 5.26 Å². The number of nitrogens with zero attached hydrogens (tertiary/aromatic N) is 2. The molecule has 0 fully saturated rings. The molecule has 0 bridgehead atoms. The van der Waals surface area contributed by atoms with Crippen molar-refractivity contribution in [2.45, 2.75) is 44.9 Å². The molecule has 0 radical (unpaired) electrons. The molecule has 1 unspecified atom stereocenters. The predicted octanol–water partition coefficient (Wildman–Crippen LogP) is 2.79. The molecule has 4 rings (SSSR count). The quantitative estimate of drug-likeness (QED) is 0.944. The topological polar surface area (TPSA) is 71.1 Å². The zero-order valence-electron chi connectivity index (χ0n) is 13.0. The van der Waals surface area contributed by atoms with Crippen LogP contribution in [0.4, 0.5) is 0 Å². The molecule has 1 aliphatic heterocycles. The van der Waals surface area contributed by atoms with Crippen molar-refractivity contribution in [1.82, 2.24) is 10.5 Å². The molecule has 1 aromatic heterocycles. The molecule has 5 nitrogen and oxygen atoms in total. The number of fused-ring (bicyclic) bond motifs is 2. The van der Waals surface area contributed by atoms with Crippen LogP contribution in [0.2, 0.25) is 0 Å². The second kappa shape index (κ2) is 6.15. The third kappa shape index (κ3) is 2.76. The third-order valence-corrected chi connectivity index (χ3v) is 4.77. The average Bonchev–Trinajstić information content (AvgIpc) is 3.02. The molecule has 0 saturated heterocycles. The van der Waals surface area contributed by atoms with Crippen LogP contribution < -0.4 is 5.32 Å². The summed E-state index contributed by atoms with van der Waals surface area (Å²) in [6.45, 7) is 2.00. The first kappa shape index (κ1) is 14.4. The van der Waals surface area contributed by atoms with Crippen molar-refractivity contribution in [3.8, 4) is 6.07 Å². The fraction of sp³-hybridized carbons (Fsp3) is 0.444. The maximum atomic E-state index is 9.05. The first-order valence-corrected chi connectivity index (χ1v) is 8.15. The number of benzene rings is 1. The summed E-state index contributed by atoms with van der Waals surface area (Å²) >= 11 is 0. The van der Waals surface area contributed by atoms with Gasteiger partial charge in [0.25, 0.3) is 0 Å². The van der Waals surface area contributed by atoms with E-state index in [1.165, 1.54) is 11.1 Å². The van der Waals surface area contributed by atoms with Gasteiger partial charge in [0.05, 0.1) is 24.8 Å². The van der Waals surface area contributed by atoms with Gasteiger partial charge >= 0.3 is 0 Å². The lowest BCUT2D eigenvalue weighted by atomic mass is 9.86. The Bertz CT molecular complexity index is 760. The van der Waals surface area contributed by atoms with Crippen LogP contribution in [0.3, 0.4) is 0 Å². The molecule has 5 heteroatoms. The number of rotatable bonds is 3. The Morgan fingerprint density at radius 1 is 1.35 bits per heavy atom. The molecule has 0 amide bonds. The van der Waals surface area contributed by atoms with E-state index >= 15 is 0 Å². The Balaban J connectivity index is 1.51. The van der Waals surface area contributed by atoms with E-state index in [0.717, 1.165) is 48.3 Å². The highest BCUT2D eigenvalue weighted by molar-refractivity contribution is 5.41. The summed E-state index contributed by atoms with van der Waals surface area (Å²) in [5.74, 6) is 0.968. The second-order valence-electron chi connectivity index (χ2n) is 6.18. The van der Waals surface area contributed by atoms with Crippen LogP contribution in [0.1, 0.15) is 52.6 Å². The van der Waals surface area contributed by atoms with Crippen LogP contribution in [0.25, 0.3) is 0 Å². The Hall–Kier alpha value is -2.16. The number of hydrogen-bond donors (Lipinski definition) is 1. The monoisotopic (exact) mass is 309 g/mol. The predicted molar refractivity (Wildman–Crippen MR) is 83.5 cm³/mol. The van der Waals surface area contributed by atoms with Gasteiger partial charge in [-0.15, -0.1) is 0 Å². The third-order valence-electron chi connectivity index (χ3n) is 4.77. The van der Waals surface area contributed by atoms with Crippen molar-refractivity contribution in [3.63, 3.8) is 0 Å². The summed E-state index contributed by atoms with van der Waals surface area (Å²) in [5.41, 5.74) is 5.41. The van der Waals surface area contributed by atoms with Gasteiger partial charge in [-0.1, -0.05) is 11.2 Å². The SMILES string of the molecule is N#Cc1ccc2c(c1)CCCC2NCc1noc2c1COCC2. The number of ether oxygens (including phenoxy) is 1. The van der Waals surface area contributed by atoms with Gasteiger partial charge in [-0.25, -0.2) is 0 Å². The van der Waals surface area contributed by atoms with E-state index in [9.17, 15) is 0 Å². The van der Waals surface area contributed by atoms with Crippen LogP contribution in [-0.4, -0.2) is 11.8 Å². The van der Waals surface area contributed by atoms with Gasteiger partial charge < -0.3 is 14.6 Å². The summed E-state index contributed by atoms with van der Waals surface area (Å²) in [6.07, 6.45) is 4.11. The van der Waals surface area contributed by atoms with Crippen molar-refractivity contribution in [3.05, 3.63) is 51.9 Å². The van der Waals surface area contributed by atoms with Gasteiger partial charge in [0, 0.05) is 24.6 Å². The van der Waals surface area contributed by atoms with Gasteiger partial charge in [-0.2, -0.15) is 5.26 Å². The van der Waals surface area contributed by atoms with E-state index in [1.807, 2.05) is 12.1 Å². The summed E-state index contributed by atoms with van der Waals surface area (Å²) in [4.78, 5) is 0. The molecule has 118 valence electrons. The first-order valence-electron chi connectivity index (χ1n) is 8.15. The van der Waals surface area contributed by atoms with Gasteiger partial charge in [-0.05, 0) is 42.5 Å². The minimum absolute atomic E-state index is 0.309. The fourth-order valence-electron chi connectivity index (χ4n) is 3.54. The molecule has 2 aliphatic rings. The van der Waals surface area contributed by atoms with Crippen LogP contribution in [-0.2, 0) is 30.7 Å². The summed E-state index contributed by atoms with van der Waals surface area (Å²) < 4.78 is 10.9. The van der Waals surface area contributed by atoms with Gasteiger partial charge in [-0.3, -0.25) is 0 Å². The van der Waals surface area contributed by atoms with Gasteiger partial charge in [0.2, 0.25) is 0 Å². The minimum atomic E-state index is 0.309. The van der Waals surface area contributed by atoms with Crippen LogP contribution >= 0.6 is 0 Å². The molecular weight excluding hydrogens is 290 g/mol. The lowest BCUT2D eigenvalue weighted by Gasteiger charge is -2.26. The van der Waals surface area contributed by atoms with E-state index < -0.39 is 0 Å². The molecule has 1 aliphatic carbocycles. The number of aromatic nitrogens is 1. The van der Waals surface area contributed by atoms with Crippen molar-refractivity contribution in [2.75, 3.05) is 6.61 Å². The molecule has 23 heavy (non-hydrogen) atoms. The smallest absolute Gasteiger partial charge is 0.144 e. The summed E-state index contributed by atoms with van der Waals surface area (Å²) in [6, 6.07) is 8.55. The second-order valence-corrected chi connectivity index (χ2v) is 6.18. The zero-order chi connectivity index (χ0) is 15.6. The van der Waals surface area contributed by atoms with Gasteiger partial charge in [0.1, 0.15) is 11.5 Å². The fourth-order valence-corrected chi connectivity index (χ4v) is 3.54. The zero-order valence-corrected chi connectivity index (χ0v) is 13.0. The van der Waals surface area contributed by atoms with Crippen molar-refractivity contribution < 1.29 is 9.26 Å². The molecule has 0 saturated carbocycles. The Morgan fingerprint density at radius 3 is 3.22 bits per heavy atom. The Morgan fingerprint density at radius 2 is 2.30 bits per heavy atom. The van der Waals surface area contributed by atoms with Crippen molar-refractivity contribution in [2.24, 2.45) is 0 Å². The first-order chi connectivity index (χ1) is 11.3. The lowest BCUT2D eigenvalue weighted by molar-refractivity contribution is 0.102. The Kier molecular flexibility index (Phi) is 3.86. The molecule has 1 atom stereocenters. The molecule has 2 heterocycles. The number of nitrogens with one attached hydrogen (secondary N) is 1. The van der Waals surface area contributed by atoms with E-state index in [-0.39, 0.29) is 0 Å². The lowest BCUT2D eigenvalue weighted by Crippen LogP contribution is -2.25. The normalized spacial score (nSPS) is 19.7. The molecule has 1 aromatic carbocycles. The molecule has 0 spiro atoms. The summed E-state index contributed by atoms with van der Waals surface area (Å²) in [7, 11) is 0. The highest BCUT2D eigenvalue weighted by atomic mass is 16.5. The van der Waals surface area contributed by atoms with E-state index in [2.05, 4.69) is 22.6 Å². The van der Waals surface area contributed by atoms with Gasteiger partial charge in [0.15, 0.2) is 0 Å². The molecule has 1 N–H and O–H groups in total.